The van der Waals surface area contributed by atoms with Gasteiger partial charge in [0.2, 0.25) is 0 Å². The fraction of sp³-hybridized carbons (Fsp3) is 0.476. The van der Waals surface area contributed by atoms with E-state index in [9.17, 15) is 9.59 Å². The van der Waals surface area contributed by atoms with Gasteiger partial charge in [-0.3, -0.25) is 4.79 Å². The number of nitrogens with zero attached hydrogens (tertiary/aromatic N) is 2. The maximum Gasteiger partial charge on any atom is 0.417 e. The molecule has 1 atom stereocenters. The van der Waals surface area contributed by atoms with E-state index in [1.54, 1.807) is 50.4 Å². The Labute approximate surface area is 176 Å². The van der Waals surface area contributed by atoms with Crippen molar-refractivity contribution in [3.8, 4) is 0 Å². The third-order valence-corrected chi connectivity index (χ3v) is 4.84. The maximum atomic E-state index is 13.1. The zero-order valence-corrected chi connectivity index (χ0v) is 18.3. The van der Waals surface area contributed by atoms with Crippen LogP contribution < -0.4 is 5.32 Å². The number of ether oxygens (including phenoxy) is 2. The predicted octanol–water partition coefficient (Wildman–Crippen LogP) is 2.75. The van der Waals surface area contributed by atoms with E-state index < -0.39 is 23.7 Å². The van der Waals surface area contributed by atoms with E-state index in [1.807, 2.05) is 23.6 Å². The number of thiazole rings is 1. The van der Waals surface area contributed by atoms with Gasteiger partial charge >= 0.3 is 6.09 Å². The van der Waals surface area contributed by atoms with E-state index in [1.165, 1.54) is 7.11 Å². The second-order valence-electron chi connectivity index (χ2n) is 7.56. The second kappa shape index (κ2) is 11.0. The molecule has 0 saturated heterocycles. The molecule has 1 aromatic carbocycles. The third-order valence-electron chi connectivity index (χ3n) is 4.03. The molecule has 158 valence electrons. The SMILES string of the molecule is CO[C@@H](C(=O)N(CCC[NH2+]Cc1nccs1)C(=O)OC(C)(C)C)c1ccccc1. The first-order chi connectivity index (χ1) is 13.8. The highest BCUT2D eigenvalue weighted by molar-refractivity contribution is 7.09. The van der Waals surface area contributed by atoms with Gasteiger partial charge in [-0.2, -0.15) is 0 Å². The summed E-state index contributed by atoms with van der Waals surface area (Å²) in [5.74, 6) is -0.423. The van der Waals surface area contributed by atoms with Crippen LogP contribution in [0, 0.1) is 0 Å². The summed E-state index contributed by atoms with van der Waals surface area (Å²) < 4.78 is 10.9. The molecule has 8 heteroatoms. The Balaban J connectivity index is 2.02. The van der Waals surface area contributed by atoms with Crippen molar-refractivity contribution in [3.05, 3.63) is 52.5 Å². The Hall–Kier alpha value is -2.29. The van der Waals surface area contributed by atoms with E-state index in [2.05, 4.69) is 10.3 Å². The molecule has 2 N–H and O–H groups in total. The number of nitrogens with two attached hydrogens (primary N) is 1. The van der Waals surface area contributed by atoms with Crippen LogP contribution in [0.2, 0.25) is 0 Å². The normalized spacial score (nSPS) is 12.4. The molecule has 0 unspecified atom stereocenters. The summed E-state index contributed by atoms with van der Waals surface area (Å²) in [6.45, 7) is 7.13. The minimum Gasteiger partial charge on any atom is -0.443 e. The molecule has 2 aromatic rings. The van der Waals surface area contributed by atoms with Gasteiger partial charge in [0.05, 0.1) is 6.54 Å². The Morgan fingerprint density at radius 2 is 1.97 bits per heavy atom. The first-order valence-electron chi connectivity index (χ1n) is 9.64. The average molecular weight is 421 g/mol. The molecule has 0 bridgehead atoms. The highest BCUT2D eigenvalue weighted by atomic mass is 32.1. The van der Waals surface area contributed by atoms with Crippen LogP contribution in [0.3, 0.4) is 0 Å². The predicted molar refractivity (Wildman–Crippen MR) is 111 cm³/mol. The summed E-state index contributed by atoms with van der Waals surface area (Å²) in [6, 6.07) is 9.15. The Morgan fingerprint density at radius 3 is 2.55 bits per heavy atom. The summed E-state index contributed by atoms with van der Waals surface area (Å²) >= 11 is 1.61. The molecule has 7 nitrogen and oxygen atoms in total. The Morgan fingerprint density at radius 1 is 1.24 bits per heavy atom. The van der Waals surface area contributed by atoms with Crippen LogP contribution in [-0.4, -0.2) is 47.7 Å². The van der Waals surface area contributed by atoms with Gasteiger partial charge in [0.1, 0.15) is 17.2 Å². The van der Waals surface area contributed by atoms with Crippen molar-refractivity contribution >= 4 is 23.3 Å². The molecule has 0 aliphatic heterocycles. The van der Waals surface area contributed by atoms with Crippen molar-refractivity contribution in [1.82, 2.24) is 9.88 Å². The van der Waals surface area contributed by atoms with Gasteiger partial charge in [-0.05, 0) is 26.3 Å². The molecule has 2 amide bonds. The number of methoxy groups -OCH3 is 1. The molecule has 0 spiro atoms. The standard InChI is InChI=1S/C21H29N3O4S/c1-21(2,3)28-20(26)24(13-8-11-22-15-17-23-12-14-29-17)19(25)18(27-4)16-9-6-5-7-10-16/h5-7,9-10,12,14,18,22H,8,11,13,15H2,1-4H3/p+1/t18-/m1/s1. The van der Waals surface area contributed by atoms with Crippen LogP contribution in [0.1, 0.15) is 43.9 Å². The quantitative estimate of drug-likeness (QED) is 0.631. The molecular weight excluding hydrogens is 390 g/mol. The molecule has 2 rings (SSSR count). The Bertz CT molecular complexity index is 760. The number of imide groups is 1. The summed E-state index contributed by atoms with van der Waals surface area (Å²) in [5.41, 5.74) is 0.00548. The molecular formula is C21H30N3O4S+. The fourth-order valence-electron chi connectivity index (χ4n) is 2.73. The summed E-state index contributed by atoms with van der Waals surface area (Å²) in [6.07, 6.45) is 0.913. The number of carbonyl (C=O) groups excluding carboxylic acids is 2. The molecule has 0 saturated carbocycles. The summed E-state index contributed by atoms with van der Waals surface area (Å²) in [5, 5.41) is 5.11. The van der Waals surface area contributed by atoms with Crippen LogP contribution in [-0.2, 0) is 20.8 Å². The molecule has 0 aliphatic rings. The highest BCUT2D eigenvalue weighted by Crippen LogP contribution is 2.21. The lowest BCUT2D eigenvalue weighted by atomic mass is 10.1. The van der Waals surface area contributed by atoms with Crippen LogP contribution in [0.15, 0.2) is 41.9 Å². The topological polar surface area (TPSA) is 85.3 Å². The lowest BCUT2D eigenvalue weighted by Crippen LogP contribution is -2.82. The minimum atomic E-state index is -0.858. The fourth-order valence-corrected chi connectivity index (χ4v) is 3.34. The van der Waals surface area contributed by atoms with Crippen molar-refractivity contribution in [2.45, 2.75) is 45.4 Å². The zero-order valence-electron chi connectivity index (χ0n) is 17.5. The van der Waals surface area contributed by atoms with E-state index in [4.69, 9.17) is 9.47 Å². The summed E-state index contributed by atoms with van der Waals surface area (Å²) in [4.78, 5) is 31.2. The average Bonchev–Trinajstić information content (AvgIpc) is 3.18. The van der Waals surface area contributed by atoms with Crippen LogP contribution in [0.4, 0.5) is 4.79 Å². The number of hydrogen-bond acceptors (Lipinski definition) is 6. The lowest BCUT2D eigenvalue weighted by molar-refractivity contribution is -0.670. The van der Waals surface area contributed by atoms with Crippen molar-refractivity contribution in [2.75, 3.05) is 20.2 Å². The Kier molecular flexibility index (Phi) is 8.75. The highest BCUT2D eigenvalue weighted by Gasteiger charge is 2.32. The molecule has 0 fully saturated rings. The van der Waals surface area contributed by atoms with Gasteiger partial charge in [-0.15, -0.1) is 11.3 Å². The molecule has 0 aliphatic carbocycles. The first-order valence-corrected chi connectivity index (χ1v) is 10.5. The van der Waals surface area contributed by atoms with E-state index in [0.717, 1.165) is 23.0 Å². The number of aromatic nitrogens is 1. The van der Waals surface area contributed by atoms with Gasteiger partial charge in [-0.1, -0.05) is 30.3 Å². The number of quaternary nitrogens is 1. The molecule has 29 heavy (non-hydrogen) atoms. The van der Waals surface area contributed by atoms with E-state index in [-0.39, 0.29) is 6.54 Å². The minimum absolute atomic E-state index is 0.259. The molecule has 1 heterocycles. The van der Waals surface area contributed by atoms with Gasteiger partial charge in [-0.25, -0.2) is 14.7 Å². The number of rotatable bonds is 9. The van der Waals surface area contributed by atoms with E-state index >= 15 is 0 Å². The first kappa shape index (κ1) is 23.0. The number of carbonyl (C=O) groups is 2. The number of amides is 2. The number of benzene rings is 1. The van der Waals surface area contributed by atoms with Crippen molar-refractivity contribution in [1.29, 1.82) is 0 Å². The van der Waals surface area contributed by atoms with Crippen molar-refractivity contribution in [3.63, 3.8) is 0 Å². The van der Waals surface area contributed by atoms with Crippen LogP contribution >= 0.6 is 11.3 Å². The van der Waals surface area contributed by atoms with Gasteiger partial charge in [0, 0.05) is 31.7 Å². The zero-order chi connectivity index (χ0) is 21.3. The summed E-state index contributed by atoms with van der Waals surface area (Å²) in [7, 11) is 1.46. The lowest BCUT2D eigenvalue weighted by Gasteiger charge is -2.28. The van der Waals surface area contributed by atoms with Crippen molar-refractivity contribution in [2.24, 2.45) is 0 Å². The van der Waals surface area contributed by atoms with Gasteiger partial charge < -0.3 is 14.8 Å². The number of hydrogen-bond donors (Lipinski definition) is 1. The molecule has 0 radical (unpaired) electrons. The van der Waals surface area contributed by atoms with Gasteiger partial charge in [0.25, 0.3) is 5.91 Å². The van der Waals surface area contributed by atoms with Crippen LogP contribution in [0.5, 0.6) is 0 Å². The van der Waals surface area contributed by atoms with E-state index in [0.29, 0.717) is 12.0 Å². The molecule has 1 aromatic heterocycles. The smallest absolute Gasteiger partial charge is 0.417 e. The monoisotopic (exact) mass is 420 g/mol. The van der Waals surface area contributed by atoms with Crippen LogP contribution in [0.25, 0.3) is 0 Å². The second-order valence-corrected chi connectivity index (χ2v) is 8.54. The maximum absolute atomic E-state index is 13.1. The van der Waals surface area contributed by atoms with Crippen molar-refractivity contribution < 1.29 is 24.4 Å². The largest absolute Gasteiger partial charge is 0.443 e. The third kappa shape index (κ3) is 7.56. The van der Waals surface area contributed by atoms with Gasteiger partial charge in [0.15, 0.2) is 6.10 Å².